The maximum absolute atomic E-state index is 12.0. The lowest BCUT2D eigenvalue weighted by atomic mass is 9.99. The summed E-state index contributed by atoms with van der Waals surface area (Å²) >= 11 is 0. The minimum absolute atomic E-state index is 0.277. The molecule has 0 aliphatic rings. The van der Waals surface area contributed by atoms with Crippen molar-refractivity contribution in [3.63, 3.8) is 0 Å². The average Bonchev–Trinajstić information content (AvgIpc) is 2.45. The first-order chi connectivity index (χ1) is 10.3. The van der Waals surface area contributed by atoms with Crippen LogP contribution in [0.1, 0.15) is 40.1 Å². The number of hydrogen-bond acceptors (Lipinski definition) is 5. The molecular formula is C16H21NO5. The highest BCUT2D eigenvalue weighted by Crippen LogP contribution is 2.15. The lowest BCUT2D eigenvalue weighted by molar-refractivity contribution is 0.0536. The fourth-order valence-electron chi connectivity index (χ4n) is 1.83. The van der Waals surface area contributed by atoms with Crippen molar-refractivity contribution in [1.29, 1.82) is 0 Å². The van der Waals surface area contributed by atoms with Crippen molar-refractivity contribution in [1.82, 2.24) is 5.48 Å². The fraction of sp³-hybridized carbons (Fsp3) is 0.375. The molecule has 1 aromatic rings. The number of nitrogens with one attached hydrogen (secondary N) is 1. The van der Waals surface area contributed by atoms with E-state index in [1.54, 1.807) is 38.1 Å². The van der Waals surface area contributed by atoms with Crippen LogP contribution in [0, 0.1) is 0 Å². The summed E-state index contributed by atoms with van der Waals surface area (Å²) < 4.78 is 4.65. The lowest BCUT2D eigenvalue weighted by Gasteiger charge is -2.12. The Morgan fingerprint density at radius 1 is 1.32 bits per heavy atom. The molecule has 0 spiro atoms. The van der Waals surface area contributed by atoms with Gasteiger partial charge in [-0.15, -0.1) is 0 Å². The van der Waals surface area contributed by atoms with Crippen LogP contribution in [0.5, 0.6) is 0 Å². The zero-order chi connectivity index (χ0) is 16.8. The minimum Gasteiger partial charge on any atom is -0.465 e. The number of hydrogen-bond donors (Lipinski definition) is 2. The van der Waals surface area contributed by atoms with Crippen LogP contribution in [0.15, 0.2) is 30.4 Å². The summed E-state index contributed by atoms with van der Waals surface area (Å²) in [5.41, 5.74) is 2.58. The molecule has 1 amide bonds. The maximum Gasteiger partial charge on any atom is 0.337 e. The van der Waals surface area contributed by atoms with Gasteiger partial charge in [0.15, 0.2) is 0 Å². The Morgan fingerprint density at radius 3 is 2.55 bits per heavy atom. The smallest absolute Gasteiger partial charge is 0.337 e. The van der Waals surface area contributed by atoms with E-state index in [0.29, 0.717) is 17.5 Å². The SMILES string of the molecule is CONC(=O)c1cc(C(=O)OC)ccc1CC=CC(C)(C)O. The molecule has 6 heteroatoms. The van der Waals surface area contributed by atoms with E-state index >= 15 is 0 Å². The summed E-state index contributed by atoms with van der Waals surface area (Å²) in [4.78, 5) is 28.2. The molecule has 0 unspecified atom stereocenters. The molecule has 1 rings (SSSR count). The zero-order valence-electron chi connectivity index (χ0n) is 13.2. The molecule has 0 aliphatic carbocycles. The van der Waals surface area contributed by atoms with Gasteiger partial charge in [0, 0.05) is 5.56 Å². The topological polar surface area (TPSA) is 84.9 Å². The van der Waals surface area contributed by atoms with E-state index < -0.39 is 17.5 Å². The number of aliphatic hydroxyl groups is 1. The third-order valence-electron chi connectivity index (χ3n) is 2.83. The summed E-state index contributed by atoms with van der Waals surface area (Å²) in [5, 5.41) is 9.66. The molecule has 0 saturated carbocycles. The first-order valence-electron chi connectivity index (χ1n) is 6.73. The first kappa shape index (κ1) is 17.9. The molecule has 0 aliphatic heterocycles. The third kappa shape index (κ3) is 5.31. The Labute approximate surface area is 129 Å². The highest BCUT2D eigenvalue weighted by atomic mass is 16.6. The average molecular weight is 307 g/mol. The van der Waals surface area contributed by atoms with Crippen LogP contribution in [0.2, 0.25) is 0 Å². The second kappa shape index (κ2) is 7.72. The highest BCUT2D eigenvalue weighted by molar-refractivity contribution is 5.98. The summed E-state index contributed by atoms with van der Waals surface area (Å²) in [5.74, 6) is -0.982. The van der Waals surface area contributed by atoms with Crippen molar-refractivity contribution in [2.24, 2.45) is 0 Å². The normalized spacial score (nSPS) is 11.5. The molecule has 22 heavy (non-hydrogen) atoms. The lowest BCUT2D eigenvalue weighted by Crippen LogP contribution is -2.23. The fourth-order valence-corrected chi connectivity index (χ4v) is 1.83. The van der Waals surface area contributed by atoms with Gasteiger partial charge < -0.3 is 9.84 Å². The molecule has 0 heterocycles. The highest BCUT2D eigenvalue weighted by Gasteiger charge is 2.15. The summed E-state index contributed by atoms with van der Waals surface area (Å²) in [7, 11) is 2.60. The van der Waals surface area contributed by atoms with Crippen LogP contribution in [0.3, 0.4) is 0 Å². The predicted octanol–water partition coefficient (Wildman–Crippen LogP) is 1.63. The van der Waals surface area contributed by atoms with Crippen LogP contribution in [0.25, 0.3) is 0 Å². The molecule has 0 bridgehead atoms. The number of rotatable bonds is 6. The van der Waals surface area contributed by atoms with E-state index in [9.17, 15) is 14.7 Å². The van der Waals surface area contributed by atoms with Crippen LogP contribution >= 0.6 is 0 Å². The third-order valence-corrected chi connectivity index (χ3v) is 2.83. The number of amides is 1. The Bertz CT molecular complexity index is 572. The van der Waals surface area contributed by atoms with Gasteiger partial charge in [-0.3, -0.25) is 9.63 Å². The molecule has 0 aromatic heterocycles. The van der Waals surface area contributed by atoms with Gasteiger partial charge in [-0.2, -0.15) is 0 Å². The summed E-state index contributed by atoms with van der Waals surface area (Å²) in [6, 6.07) is 4.71. The van der Waals surface area contributed by atoms with Crippen LogP contribution in [-0.2, 0) is 16.0 Å². The van der Waals surface area contributed by atoms with Crippen molar-refractivity contribution in [2.45, 2.75) is 25.9 Å². The van der Waals surface area contributed by atoms with Gasteiger partial charge in [0.05, 0.1) is 25.4 Å². The van der Waals surface area contributed by atoms with Crippen molar-refractivity contribution >= 4 is 11.9 Å². The van der Waals surface area contributed by atoms with E-state index in [1.165, 1.54) is 20.3 Å². The Kier molecular flexibility index (Phi) is 6.27. The summed E-state index contributed by atoms with van der Waals surface area (Å²) in [6.07, 6.45) is 3.83. The van der Waals surface area contributed by atoms with Crippen LogP contribution in [0.4, 0.5) is 0 Å². The van der Waals surface area contributed by atoms with Gasteiger partial charge in [0.2, 0.25) is 0 Å². The molecule has 0 atom stereocenters. The standard InChI is InChI=1S/C16H21NO5/c1-16(2,20)9-5-6-11-7-8-12(15(19)21-3)10-13(11)14(18)17-22-4/h5,7-10,20H,6H2,1-4H3,(H,17,18). The number of benzene rings is 1. The van der Waals surface area contributed by atoms with Crippen LogP contribution in [-0.4, -0.2) is 36.8 Å². The Balaban J connectivity index is 3.12. The van der Waals surface area contributed by atoms with Gasteiger partial charge in [0.1, 0.15) is 0 Å². The number of carbonyl (C=O) groups is 2. The van der Waals surface area contributed by atoms with Gasteiger partial charge >= 0.3 is 5.97 Å². The molecule has 120 valence electrons. The van der Waals surface area contributed by atoms with E-state index in [0.717, 1.165) is 0 Å². The van der Waals surface area contributed by atoms with Gasteiger partial charge in [0.25, 0.3) is 5.91 Å². The molecular weight excluding hydrogens is 286 g/mol. The number of esters is 1. The number of allylic oxidation sites excluding steroid dienone is 1. The van der Waals surface area contributed by atoms with Crippen LogP contribution < -0.4 is 5.48 Å². The molecule has 2 N–H and O–H groups in total. The van der Waals surface area contributed by atoms with Crippen molar-refractivity contribution < 1.29 is 24.3 Å². The van der Waals surface area contributed by atoms with E-state index in [2.05, 4.69) is 15.1 Å². The van der Waals surface area contributed by atoms with Gasteiger partial charge in [-0.1, -0.05) is 18.2 Å². The first-order valence-corrected chi connectivity index (χ1v) is 6.73. The second-order valence-corrected chi connectivity index (χ2v) is 5.26. The quantitative estimate of drug-likeness (QED) is 0.474. The van der Waals surface area contributed by atoms with Crippen molar-refractivity contribution in [2.75, 3.05) is 14.2 Å². The zero-order valence-corrected chi connectivity index (χ0v) is 13.2. The Hall–Kier alpha value is -2.18. The number of hydroxylamine groups is 1. The monoisotopic (exact) mass is 307 g/mol. The predicted molar refractivity (Wildman–Crippen MR) is 81.4 cm³/mol. The molecule has 0 radical (unpaired) electrons. The number of ether oxygens (including phenoxy) is 1. The maximum atomic E-state index is 12.0. The largest absolute Gasteiger partial charge is 0.465 e. The van der Waals surface area contributed by atoms with Crippen molar-refractivity contribution in [3.8, 4) is 0 Å². The minimum atomic E-state index is -0.930. The van der Waals surface area contributed by atoms with Gasteiger partial charge in [-0.05, 0) is 38.0 Å². The van der Waals surface area contributed by atoms with E-state index in [4.69, 9.17) is 0 Å². The molecule has 1 aromatic carbocycles. The number of methoxy groups -OCH3 is 1. The Morgan fingerprint density at radius 2 is 2.00 bits per heavy atom. The van der Waals surface area contributed by atoms with E-state index in [1.807, 2.05) is 0 Å². The molecule has 0 fully saturated rings. The second-order valence-electron chi connectivity index (χ2n) is 5.26. The molecule has 6 nitrogen and oxygen atoms in total. The van der Waals surface area contributed by atoms with Crippen molar-refractivity contribution in [3.05, 3.63) is 47.0 Å². The van der Waals surface area contributed by atoms with Gasteiger partial charge in [-0.25, -0.2) is 10.3 Å². The molecule has 0 saturated heterocycles. The number of carbonyl (C=O) groups excluding carboxylic acids is 2. The summed E-state index contributed by atoms with van der Waals surface area (Å²) in [6.45, 7) is 3.31. The van der Waals surface area contributed by atoms with E-state index in [-0.39, 0.29) is 5.56 Å².